The molecule has 25 heavy (non-hydrogen) atoms. The molecule has 1 atom stereocenters. The van der Waals surface area contributed by atoms with E-state index >= 15 is 0 Å². The molecule has 0 amide bonds. The second-order valence-corrected chi connectivity index (χ2v) is 7.96. The van der Waals surface area contributed by atoms with Crippen molar-refractivity contribution in [2.75, 3.05) is 0 Å². The summed E-state index contributed by atoms with van der Waals surface area (Å²) in [5.41, 5.74) is 10.3. The third kappa shape index (κ3) is 3.11. The Morgan fingerprint density at radius 2 is 1.60 bits per heavy atom. The van der Waals surface area contributed by atoms with Crippen molar-refractivity contribution in [3.63, 3.8) is 0 Å². The van der Waals surface area contributed by atoms with Crippen molar-refractivity contribution in [3.05, 3.63) is 76.9 Å². The summed E-state index contributed by atoms with van der Waals surface area (Å²) in [7, 11) is 0. The normalized spacial score (nSPS) is 20.7. The highest BCUT2D eigenvalue weighted by Crippen LogP contribution is 2.46. The molecule has 2 aromatic rings. The Hall–Kier alpha value is -2.08. The summed E-state index contributed by atoms with van der Waals surface area (Å²) in [6.45, 7) is 6.77. The van der Waals surface area contributed by atoms with Gasteiger partial charge in [0.2, 0.25) is 0 Å². The fraction of sp³-hybridized carbons (Fsp3) is 0.360. The minimum atomic E-state index is 0.635. The number of hydrogen-bond donors (Lipinski definition) is 0. The van der Waals surface area contributed by atoms with Crippen LogP contribution in [0.5, 0.6) is 0 Å². The smallest absolute Gasteiger partial charge is 0.0143 e. The van der Waals surface area contributed by atoms with E-state index in [0.717, 1.165) is 5.92 Å². The van der Waals surface area contributed by atoms with E-state index in [1.165, 1.54) is 53.5 Å². The Bertz CT molecular complexity index is 829. The summed E-state index contributed by atoms with van der Waals surface area (Å²) in [5.74, 6) is 1.37. The highest BCUT2D eigenvalue weighted by molar-refractivity contribution is 5.81. The first-order chi connectivity index (χ1) is 12.1. The van der Waals surface area contributed by atoms with Crippen molar-refractivity contribution in [1.29, 1.82) is 0 Å². The van der Waals surface area contributed by atoms with E-state index in [-0.39, 0.29) is 0 Å². The average Bonchev–Trinajstić information content (AvgIpc) is 2.57. The molecule has 0 saturated heterocycles. The van der Waals surface area contributed by atoms with Gasteiger partial charge in [0, 0.05) is 0 Å². The van der Waals surface area contributed by atoms with Crippen LogP contribution in [0.4, 0.5) is 0 Å². The fourth-order valence-corrected chi connectivity index (χ4v) is 4.23. The van der Waals surface area contributed by atoms with E-state index in [4.69, 9.17) is 0 Å². The third-order valence-corrected chi connectivity index (χ3v) is 5.98. The lowest BCUT2D eigenvalue weighted by molar-refractivity contribution is 0.420. The number of rotatable bonds is 3. The van der Waals surface area contributed by atoms with E-state index in [9.17, 15) is 0 Å². The van der Waals surface area contributed by atoms with Crippen molar-refractivity contribution >= 4 is 5.57 Å². The Morgan fingerprint density at radius 3 is 2.28 bits per heavy atom. The molecule has 2 aromatic carbocycles. The lowest BCUT2D eigenvalue weighted by Gasteiger charge is -2.32. The molecule has 2 aliphatic rings. The molecule has 128 valence electrons. The van der Waals surface area contributed by atoms with Crippen LogP contribution in [-0.4, -0.2) is 0 Å². The molecule has 0 aliphatic heterocycles. The van der Waals surface area contributed by atoms with Gasteiger partial charge in [0.05, 0.1) is 0 Å². The average molecular weight is 328 g/mol. The van der Waals surface area contributed by atoms with Gasteiger partial charge in [-0.15, -0.1) is 0 Å². The summed E-state index contributed by atoms with van der Waals surface area (Å²) in [5, 5.41) is 0. The Labute approximate surface area is 152 Å². The summed E-state index contributed by atoms with van der Waals surface area (Å²) < 4.78 is 0. The van der Waals surface area contributed by atoms with Gasteiger partial charge < -0.3 is 0 Å². The van der Waals surface area contributed by atoms with Crippen LogP contribution >= 0.6 is 0 Å². The standard InChI is InChI=1S/C25H28/c1-17-11-14-20(15-12-17)22-8-5-9-23(25(22)21-6-4-7-21)24-16-18(2)10-13-19(24)3/h5,8-15,18,21H,4,6-7,16H2,1-3H3. The van der Waals surface area contributed by atoms with Gasteiger partial charge in [0.1, 0.15) is 0 Å². The number of hydrogen-bond acceptors (Lipinski definition) is 0. The molecular formula is C25H28. The maximum absolute atomic E-state index is 2.37. The number of allylic oxidation sites excluding steroid dienone is 4. The van der Waals surface area contributed by atoms with Crippen molar-refractivity contribution in [2.45, 2.75) is 52.4 Å². The third-order valence-electron chi connectivity index (χ3n) is 5.98. The Morgan fingerprint density at radius 1 is 0.880 bits per heavy atom. The van der Waals surface area contributed by atoms with Crippen LogP contribution in [0.25, 0.3) is 16.7 Å². The molecule has 4 rings (SSSR count). The van der Waals surface area contributed by atoms with Crippen molar-refractivity contribution in [1.82, 2.24) is 0 Å². The van der Waals surface area contributed by atoms with Crippen LogP contribution < -0.4 is 0 Å². The predicted molar refractivity (Wildman–Crippen MR) is 109 cm³/mol. The molecule has 2 aliphatic carbocycles. The maximum atomic E-state index is 2.37. The summed E-state index contributed by atoms with van der Waals surface area (Å²) in [6, 6.07) is 16.0. The molecule has 1 saturated carbocycles. The Kier molecular flexibility index (Phi) is 4.37. The maximum Gasteiger partial charge on any atom is -0.0143 e. The molecule has 0 aromatic heterocycles. The zero-order valence-electron chi connectivity index (χ0n) is 15.7. The molecule has 0 heteroatoms. The zero-order valence-corrected chi connectivity index (χ0v) is 15.7. The highest BCUT2D eigenvalue weighted by Gasteiger charge is 2.27. The molecule has 0 nitrogen and oxygen atoms in total. The van der Waals surface area contributed by atoms with E-state index in [0.29, 0.717) is 5.92 Å². The molecule has 0 spiro atoms. The topological polar surface area (TPSA) is 0 Å². The molecule has 0 bridgehead atoms. The molecule has 1 unspecified atom stereocenters. The molecule has 0 radical (unpaired) electrons. The van der Waals surface area contributed by atoms with Gasteiger partial charge >= 0.3 is 0 Å². The van der Waals surface area contributed by atoms with Crippen LogP contribution in [0.2, 0.25) is 0 Å². The van der Waals surface area contributed by atoms with Gasteiger partial charge in [-0.1, -0.05) is 73.5 Å². The number of aryl methyl sites for hydroxylation is 1. The molecule has 0 heterocycles. The number of benzene rings is 2. The van der Waals surface area contributed by atoms with Gasteiger partial charge in [-0.25, -0.2) is 0 Å². The summed E-state index contributed by atoms with van der Waals surface area (Å²) in [6.07, 6.45) is 9.90. The summed E-state index contributed by atoms with van der Waals surface area (Å²) in [4.78, 5) is 0. The monoisotopic (exact) mass is 328 g/mol. The van der Waals surface area contributed by atoms with Gasteiger partial charge in [-0.3, -0.25) is 0 Å². The SMILES string of the molecule is CC1=C(c2cccc(-c3ccc(C)cc3)c2C2CCC2)CC(C)C=C1. The fourth-order valence-electron chi connectivity index (χ4n) is 4.23. The second-order valence-electron chi connectivity index (χ2n) is 7.96. The quantitative estimate of drug-likeness (QED) is 0.554. The van der Waals surface area contributed by atoms with Crippen LogP contribution in [0.3, 0.4) is 0 Å². The van der Waals surface area contributed by atoms with Gasteiger partial charge in [-0.05, 0) is 78.3 Å². The van der Waals surface area contributed by atoms with E-state index in [1.807, 2.05) is 0 Å². The lowest BCUT2D eigenvalue weighted by atomic mass is 9.72. The second kappa shape index (κ2) is 6.67. The lowest BCUT2D eigenvalue weighted by Crippen LogP contribution is -2.14. The van der Waals surface area contributed by atoms with Crippen LogP contribution in [0.15, 0.2) is 60.2 Å². The van der Waals surface area contributed by atoms with Crippen molar-refractivity contribution in [2.24, 2.45) is 5.92 Å². The molecule has 0 N–H and O–H groups in total. The molecule has 1 fully saturated rings. The van der Waals surface area contributed by atoms with Crippen molar-refractivity contribution < 1.29 is 0 Å². The largest absolute Gasteiger partial charge is 0.0811 e. The van der Waals surface area contributed by atoms with Crippen molar-refractivity contribution in [3.8, 4) is 11.1 Å². The Balaban J connectivity index is 1.89. The summed E-state index contributed by atoms with van der Waals surface area (Å²) >= 11 is 0. The first-order valence-corrected chi connectivity index (χ1v) is 9.72. The van der Waals surface area contributed by atoms with Gasteiger partial charge in [-0.2, -0.15) is 0 Å². The van der Waals surface area contributed by atoms with Gasteiger partial charge in [0.25, 0.3) is 0 Å². The predicted octanol–water partition coefficient (Wildman–Crippen LogP) is 7.30. The van der Waals surface area contributed by atoms with E-state index in [2.05, 4.69) is 75.4 Å². The zero-order chi connectivity index (χ0) is 17.4. The minimum absolute atomic E-state index is 0.635. The minimum Gasteiger partial charge on any atom is -0.0811 e. The molecular weight excluding hydrogens is 300 g/mol. The van der Waals surface area contributed by atoms with E-state index < -0.39 is 0 Å². The van der Waals surface area contributed by atoms with Crippen LogP contribution in [0.1, 0.15) is 62.1 Å². The van der Waals surface area contributed by atoms with E-state index in [1.54, 1.807) is 11.1 Å². The first kappa shape index (κ1) is 16.4. The first-order valence-electron chi connectivity index (χ1n) is 9.72. The highest BCUT2D eigenvalue weighted by atomic mass is 14.3. The van der Waals surface area contributed by atoms with Crippen LogP contribution in [-0.2, 0) is 0 Å². The van der Waals surface area contributed by atoms with Gasteiger partial charge in [0.15, 0.2) is 0 Å². The van der Waals surface area contributed by atoms with Crippen LogP contribution in [0, 0.1) is 12.8 Å².